The molecule has 1 fully saturated rings. The topological polar surface area (TPSA) is 64.3 Å². The number of carbonyl (C=O) groups is 1. The van der Waals surface area contributed by atoms with Crippen LogP contribution in [0.2, 0.25) is 0 Å². The molecule has 4 nitrogen and oxygen atoms in total. The van der Waals surface area contributed by atoms with Gasteiger partial charge in [-0.1, -0.05) is 19.3 Å². The molecule has 0 atom stereocenters. The molecule has 0 aliphatic heterocycles. The molecule has 1 aromatic rings. The van der Waals surface area contributed by atoms with E-state index < -0.39 is 11.2 Å². The first-order valence-corrected chi connectivity index (χ1v) is 6.96. The van der Waals surface area contributed by atoms with Crippen LogP contribution in [0.5, 0.6) is 5.75 Å². The predicted octanol–water partition coefficient (Wildman–Crippen LogP) is 2.68. The third kappa shape index (κ3) is 2.93. The number of anilines is 1. The van der Waals surface area contributed by atoms with Crippen LogP contribution in [0.4, 0.5) is 10.1 Å². The molecule has 3 N–H and O–H groups in total. The van der Waals surface area contributed by atoms with Gasteiger partial charge in [-0.3, -0.25) is 4.79 Å². The number of halogens is 1. The fourth-order valence-electron chi connectivity index (χ4n) is 2.73. The zero-order valence-electron chi connectivity index (χ0n) is 11.7. The highest BCUT2D eigenvalue weighted by Crippen LogP contribution is 2.36. The van der Waals surface area contributed by atoms with E-state index in [0.717, 1.165) is 32.1 Å². The van der Waals surface area contributed by atoms with Gasteiger partial charge in [0.25, 0.3) is 0 Å². The molecule has 0 radical (unpaired) electrons. The second-order valence-corrected chi connectivity index (χ2v) is 5.35. The Morgan fingerprint density at radius 3 is 2.70 bits per heavy atom. The Morgan fingerprint density at radius 1 is 1.40 bits per heavy atom. The summed E-state index contributed by atoms with van der Waals surface area (Å²) in [4.78, 5) is 12.5. The van der Waals surface area contributed by atoms with Crippen LogP contribution < -0.4 is 15.8 Å². The average Bonchev–Trinajstić information content (AvgIpc) is 2.50. The Balaban J connectivity index is 2.18. The quantitative estimate of drug-likeness (QED) is 0.891. The van der Waals surface area contributed by atoms with Crippen LogP contribution in [0.15, 0.2) is 18.2 Å². The van der Waals surface area contributed by atoms with Crippen molar-refractivity contribution in [1.82, 2.24) is 0 Å². The number of amides is 1. The summed E-state index contributed by atoms with van der Waals surface area (Å²) in [5.74, 6) is -0.152. The number of nitrogens with one attached hydrogen (secondary N) is 1. The fraction of sp³-hybridized carbons (Fsp3) is 0.533. The Kier molecular flexibility index (Phi) is 4.60. The van der Waals surface area contributed by atoms with Crippen LogP contribution >= 0.6 is 0 Å². The van der Waals surface area contributed by atoms with Gasteiger partial charge in [-0.25, -0.2) is 4.39 Å². The Hall–Kier alpha value is -1.62. The molecule has 5 heteroatoms. The van der Waals surface area contributed by atoms with Gasteiger partial charge in [-0.05, 0) is 25.0 Å². The zero-order chi connectivity index (χ0) is 14.6. The first kappa shape index (κ1) is 14.8. The summed E-state index contributed by atoms with van der Waals surface area (Å²) < 4.78 is 18.8. The second kappa shape index (κ2) is 6.22. The summed E-state index contributed by atoms with van der Waals surface area (Å²) in [5.41, 5.74) is 5.39. The third-order valence-corrected chi connectivity index (χ3v) is 4.10. The number of carbonyl (C=O) groups excluding carboxylic acids is 1. The van der Waals surface area contributed by atoms with E-state index >= 15 is 0 Å². The largest absolute Gasteiger partial charge is 0.497 e. The fourth-order valence-corrected chi connectivity index (χ4v) is 2.73. The van der Waals surface area contributed by atoms with Gasteiger partial charge in [0.1, 0.15) is 11.6 Å². The molecule has 1 aromatic carbocycles. The van der Waals surface area contributed by atoms with Crippen LogP contribution in [0.1, 0.15) is 32.1 Å². The number of methoxy groups -OCH3 is 1. The Morgan fingerprint density at radius 2 is 2.10 bits per heavy atom. The van der Waals surface area contributed by atoms with Crippen molar-refractivity contribution >= 4 is 11.6 Å². The minimum absolute atomic E-state index is 0.146. The molecule has 0 aromatic heterocycles. The second-order valence-electron chi connectivity index (χ2n) is 5.35. The molecule has 0 heterocycles. The third-order valence-electron chi connectivity index (χ3n) is 4.10. The van der Waals surface area contributed by atoms with Crippen LogP contribution in [0.3, 0.4) is 0 Å². The van der Waals surface area contributed by atoms with Crippen LogP contribution in [0, 0.1) is 11.2 Å². The van der Waals surface area contributed by atoms with Crippen molar-refractivity contribution in [3.63, 3.8) is 0 Å². The number of rotatable bonds is 4. The Labute approximate surface area is 118 Å². The average molecular weight is 280 g/mol. The summed E-state index contributed by atoms with van der Waals surface area (Å²) in [6.07, 6.45) is 4.64. The van der Waals surface area contributed by atoms with Gasteiger partial charge in [0.15, 0.2) is 0 Å². The molecular weight excluding hydrogens is 259 g/mol. The van der Waals surface area contributed by atoms with Crippen LogP contribution in [-0.4, -0.2) is 19.6 Å². The molecular formula is C15H21FN2O2. The number of benzene rings is 1. The molecule has 0 saturated heterocycles. The molecule has 0 spiro atoms. The lowest BCUT2D eigenvalue weighted by Gasteiger charge is -2.34. The van der Waals surface area contributed by atoms with Gasteiger partial charge < -0.3 is 15.8 Å². The first-order valence-electron chi connectivity index (χ1n) is 6.96. The van der Waals surface area contributed by atoms with E-state index in [9.17, 15) is 9.18 Å². The van der Waals surface area contributed by atoms with Crippen LogP contribution in [-0.2, 0) is 4.79 Å². The summed E-state index contributed by atoms with van der Waals surface area (Å²) >= 11 is 0. The lowest BCUT2D eigenvalue weighted by atomic mass is 9.73. The van der Waals surface area contributed by atoms with Crippen molar-refractivity contribution in [3.8, 4) is 5.75 Å². The van der Waals surface area contributed by atoms with Gasteiger partial charge in [-0.2, -0.15) is 0 Å². The van der Waals surface area contributed by atoms with Crippen molar-refractivity contribution in [1.29, 1.82) is 0 Å². The van der Waals surface area contributed by atoms with Crippen molar-refractivity contribution in [3.05, 3.63) is 24.0 Å². The highest BCUT2D eigenvalue weighted by molar-refractivity contribution is 5.95. The van der Waals surface area contributed by atoms with E-state index in [1.165, 1.54) is 25.3 Å². The molecule has 1 aliphatic rings. The van der Waals surface area contributed by atoms with E-state index in [2.05, 4.69) is 5.32 Å². The molecule has 1 saturated carbocycles. The van der Waals surface area contributed by atoms with Crippen LogP contribution in [0.25, 0.3) is 0 Å². The van der Waals surface area contributed by atoms with E-state index in [4.69, 9.17) is 10.5 Å². The SMILES string of the molecule is COc1ccc(F)c(NC(=O)C2(CN)CCCCC2)c1. The highest BCUT2D eigenvalue weighted by Gasteiger charge is 2.38. The standard InChI is InChI=1S/C15H21FN2O2/c1-20-11-5-6-12(16)13(9-11)18-14(19)15(10-17)7-3-2-4-8-15/h5-6,9H,2-4,7-8,10,17H2,1H3,(H,18,19). The van der Waals surface area contributed by atoms with Gasteiger partial charge in [0, 0.05) is 12.6 Å². The van der Waals surface area contributed by atoms with Gasteiger partial charge >= 0.3 is 0 Å². The minimum Gasteiger partial charge on any atom is -0.497 e. The van der Waals surface area contributed by atoms with Gasteiger partial charge in [-0.15, -0.1) is 0 Å². The minimum atomic E-state index is -0.562. The van der Waals surface area contributed by atoms with Crippen molar-refractivity contribution in [2.75, 3.05) is 19.0 Å². The number of ether oxygens (including phenoxy) is 1. The molecule has 110 valence electrons. The summed E-state index contributed by atoms with van der Waals surface area (Å²) in [6.45, 7) is 0.296. The lowest BCUT2D eigenvalue weighted by Crippen LogP contribution is -2.44. The van der Waals surface area contributed by atoms with Crippen molar-refractivity contribution in [2.24, 2.45) is 11.1 Å². The molecule has 1 amide bonds. The maximum Gasteiger partial charge on any atom is 0.231 e. The summed E-state index contributed by atoms with van der Waals surface area (Å²) in [5, 5.41) is 2.67. The van der Waals surface area contributed by atoms with E-state index in [0.29, 0.717) is 12.3 Å². The summed E-state index contributed by atoms with van der Waals surface area (Å²) in [6, 6.07) is 4.29. The van der Waals surface area contributed by atoms with E-state index in [1.807, 2.05) is 0 Å². The maximum absolute atomic E-state index is 13.8. The number of nitrogens with two attached hydrogens (primary N) is 1. The van der Waals surface area contributed by atoms with Crippen molar-refractivity contribution < 1.29 is 13.9 Å². The number of hydrogen-bond acceptors (Lipinski definition) is 3. The van der Waals surface area contributed by atoms with Gasteiger partial charge in [0.2, 0.25) is 5.91 Å². The summed E-state index contributed by atoms with van der Waals surface area (Å²) in [7, 11) is 1.50. The molecule has 0 bridgehead atoms. The first-order chi connectivity index (χ1) is 9.61. The number of hydrogen-bond donors (Lipinski definition) is 2. The van der Waals surface area contributed by atoms with Crippen molar-refractivity contribution in [2.45, 2.75) is 32.1 Å². The highest BCUT2D eigenvalue weighted by atomic mass is 19.1. The van der Waals surface area contributed by atoms with E-state index in [1.54, 1.807) is 0 Å². The monoisotopic (exact) mass is 280 g/mol. The smallest absolute Gasteiger partial charge is 0.231 e. The zero-order valence-corrected chi connectivity index (χ0v) is 11.7. The maximum atomic E-state index is 13.8. The lowest BCUT2D eigenvalue weighted by molar-refractivity contribution is -0.126. The molecule has 2 rings (SSSR count). The van der Waals surface area contributed by atoms with E-state index in [-0.39, 0.29) is 11.6 Å². The van der Waals surface area contributed by atoms with Gasteiger partial charge in [0.05, 0.1) is 18.2 Å². The normalized spacial score (nSPS) is 17.6. The predicted molar refractivity (Wildman–Crippen MR) is 76.2 cm³/mol. The molecule has 20 heavy (non-hydrogen) atoms. The molecule has 0 unspecified atom stereocenters. The molecule has 1 aliphatic carbocycles. The Bertz CT molecular complexity index is 485.